The molecule has 0 spiro atoms. The highest BCUT2D eigenvalue weighted by atomic mass is 32.2. The van der Waals surface area contributed by atoms with Gasteiger partial charge >= 0.3 is 0 Å². The summed E-state index contributed by atoms with van der Waals surface area (Å²) in [7, 11) is -3.15. The smallest absolute Gasteiger partial charge is 0.171 e. The van der Waals surface area contributed by atoms with Crippen LogP contribution in [0.5, 0.6) is 0 Å². The van der Waals surface area contributed by atoms with Crippen LogP contribution in [0.3, 0.4) is 0 Å². The van der Waals surface area contributed by atoms with Gasteiger partial charge in [0.05, 0.1) is 11.0 Å². The summed E-state index contributed by atoms with van der Waals surface area (Å²) in [4.78, 5) is 2.39. The van der Waals surface area contributed by atoms with Crippen molar-refractivity contribution in [3.63, 3.8) is 0 Å². The van der Waals surface area contributed by atoms with Crippen LogP contribution in [0.2, 0.25) is 0 Å². The molecule has 0 fully saturated rings. The Labute approximate surface area is 283 Å². The van der Waals surface area contributed by atoms with E-state index in [4.69, 9.17) is 0 Å². The molecule has 0 saturated heterocycles. The van der Waals surface area contributed by atoms with Crippen LogP contribution in [0, 0.1) is 0 Å². The summed E-state index contributed by atoms with van der Waals surface area (Å²) in [5, 5.41) is 9.75. The van der Waals surface area contributed by atoms with E-state index in [2.05, 4.69) is 120 Å². The Morgan fingerprint density at radius 1 is 0.417 bits per heavy atom. The second-order valence-corrected chi connectivity index (χ2v) is 16.0. The average Bonchev–Trinajstić information content (AvgIpc) is 3.48. The molecular weight excluding hydrogens is 622 g/mol. The van der Waals surface area contributed by atoms with Crippen LogP contribution in [0.4, 0.5) is 0 Å². The number of fused-ring (bicyclic) bond motifs is 6. The number of benzene rings is 8. The first-order valence-electron chi connectivity index (χ1n) is 16.1. The van der Waals surface area contributed by atoms with Crippen molar-refractivity contribution < 1.29 is 4.57 Å². The van der Waals surface area contributed by atoms with Gasteiger partial charge in [0.2, 0.25) is 0 Å². The molecule has 1 heterocycles. The maximum Gasteiger partial charge on any atom is 0.171 e. The highest BCUT2D eigenvalue weighted by Crippen LogP contribution is 2.45. The molecule has 9 rings (SSSR count). The Kier molecular flexibility index (Phi) is 7.04. The quantitative estimate of drug-likeness (QED) is 0.132. The monoisotopic (exact) mass is 651 g/mol. The molecule has 0 aliphatic heterocycles. The molecule has 0 atom stereocenters. The normalized spacial score (nSPS) is 11.9. The van der Waals surface area contributed by atoms with Crippen molar-refractivity contribution in [2.75, 3.05) is 0 Å². The van der Waals surface area contributed by atoms with Crippen molar-refractivity contribution in [1.82, 2.24) is 4.57 Å². The molecule has 4 heteroatoms. The number of rotatable bonds is 6. The fourth-order valence-corrected chi connectivity index (χ4v) is 10.8. The Hall–Kier alpha value is -5.34. The van der Waals surface area contributed by atoms with Crippen molar-refractivity contribution in [3.8, 4) is 5.69 Å². The highest BCUT2D eigenvalue weighted by molar-refractivity contribution is 7.99. The first-order valence-corrected chi connectivity index (χ1v) is 18.6. The van der Waals surface area contributed by atoms with Crippen LogP contribution in [-0.2, 0) is 4.57 Å². The Morgan fingerprint density at radius 3 is 1.65 bits per heavy atom. The van der Waals surface area contributed by atoms with Gasteiger partial charge in [-0.2, -0.15) is 0 Å². The lowest BCUT2D eigenvalue weighted by molar-refractivity contribution is 0.592. The zero-order valence-electron chi connectivity index (χ0n) is 26.0. The molecular formula is C44H30NOPS. The SMILES string of the molecule is O=P(c1ccccc1)(c1ccccc1)c1ccc2c(c1)c1cc(Sc3cc4ccccc4c4ccccc34)ccc1n2-c1ccccc1. The van der Waals surface area contributed by atoms with E-state index in [0.29, 0.717) is 0 Å². The van der Waals surface area contributed by atoms with Gasteiger partial charge in [-0.05, 0) is 76.1 Å². The Balaban J connectivity index is 1.28. The first-order chi connectivity index (χ1) is 23.7. The van der Waals surface area contributed by atoms with Crippen LogP contribution in [0.25, 0.3) is 49.0 Å². The summed E-state index contributed by atoms with van der Waals surface area (Å²) in [6, 6.07) is 63.1. The number of para-hydroxylation sites is 1. The van der Waals surface area contributed by atoms with E-state index in [1.54, 1.807) is 11.8 Å². The summed E-state index contributed by atoms with van der Waals surface area (Å²) in [5.74, 6) is 0. The fourth-order valence-electron chi connectivity index (χ4n) is 7.06. The van der Waals surface area contributed by atoms with E-state index in [1.165, 1.54) is 26.4 Å². The Morgan fingerprint density at radius 2 is 0.958 bits per heavy atom. The summed E-state index contributed by atoms with van der Waals surface area (Å²) >= 11 is 1.80. The van der Waals surface area contributed by atoms with E-state index in [-0.39, 0.29) is 0 Å². The van der Waals surface area contributed by atoms with Gasteiger partial charge in [-0.15, -0.1) is 0 Å². The molecule has 8 aromatic carbocycles. The summed E-state index contributed by atoms with van der Waals surface area (Å²) < 4.78 is 17.7. The predicted octanol–water partition coefficient (Wildman–Crippen LogP) is 10.9. The third-order valence-electron chi connectivity index (χ3n) is 9.30. The minimum atomic E-state index is -3.15. The lowest BCUT2D eigenvalue weighted by Crippen LogP contribution is -2.24. The van der Waals surface area contributed by atoms with E-state index in [1.807, 2.05) is 66.7 Å². The van der Waals surface area contributed by atoms with Crippen molar-refractivity contribution in [2.45, 2.75) is 9.79 Å². The molecule has 0 aliphatic rings. The van der Waals surface area contributed by atoms with Gasteiger partial charge in [-0.3, -0.25) is 0 Å². The standard InChI is InChI=1S/C44H30NOPS/c46-47(33-17-6-2-7-18-33,34-19-8-3-9-20-34)35-24-26-42-40(29-35)41-30-36(25-27-43(41)45(42)32-15-4-1-5-16-32)48-44-28-31-14-10-11-21-37(31)38-22-12-13-23-39(38)44/h1-30H. The molecule has 0 radical (unpaired) electrons. The van der Waals surface area contributed by atoms with Gasteiger partial charge in [0.25, 0.3) is 0 Å². The second kappa shape index (κ2) is 11.7. The molecule has 0 aliphatic carbocycles. The highest BCUT2D eigenvalue weighted by Gasteiger charge is 2.30. The van der Waals surface area contributed by atoms with E-state index < -0.39 is 7.14 Å². The molecule has 9 aromatic rings. The van der Waals surface area contributed by atoms with Gasteiger partial charge in [0.1, 0.15) is 0 Å². The predicted molar refractivity (Wildman–Crippen MR) is 206 cm³/mol. The van der Waals surface area contributed by atoms with Crippen molar-refractivity contribution in [3.05, 3.63) is 182 Å². The average molecular weight is 652 g/mol. The number of aromatic nitrogens is 1. The van der Waals surface area contributed by atoms with Crippen LogP contribution in [0.1, 0.15) is 0 Å². The minimum Gasteiger partial charge on any atom is -0.309 e. The van der Waals surface area contributed by atoms with E-state index in [0.717, 1.165) is 48.3 Å². The van der Waals surface area contributed by atoms with Crippen molar-refractivity contribution in [2.24, 2.45) is 0 Å². The topological polar surface area (TPSA) is 22.0 Å². The molecule has 0 unspecified atom stereocenters. The molecule has 2 nitrogen and oxygen atoms in total. The maximum absolute atomic E-state index is 15.4. The van der Waals surface area contributed by atoms with Gasteiger partial charge < -0.3 is 9.13 Å². The largest absolute Gasteiger partial charge is 0.309 e. The summed E-state index contributed by atoms with van der Waals surface area (Å²) in [6.07, 6.45) is 0. The zero-order valence-corrected chi connectivity index (χ0v) is 27.7. The summed E-state index contributed by atoms with van der Waals surface area (Å²) in [5.41, 5.74) is 3.31. The van der Waals surface area contributed by atoms with Gasteiger partial charge in [0, 0.05) is 42.2 Å². The first kappa shape index (κ1) is 28.8. The second-order valence-electron chi connectivity index (χ2n) is 12.1. The lowest BCUT2D eigenvalue weighted by atomic mass is 10.0. The molecule has 0 N–H and O–H groups in total. The zero-order chi connectivity index (χ0) is 32.1. The van der Waals surface area contributed by atoms with E-state index >= 15 is 4.57 Å². The fraction of sp³-hybridized carbons (Fsp3) is 0. The van der Waals surface area contributed by atoms with Gasteiger partial charge in [0.15, 0.2) is 7.14 Å². The number of nitrogens with zero attached hydrogens (tertiary/aromatic N) is 1. The summed E-state index contributed by atoms with van der Waals surface area (Å²) in [6.45, 7) is 0. The van der Waals surface area contributed by atoms with E-state index in [9.17, 15) is 0 Å². The molecule has 1 aromatic heterocycles. The maximum atomic E-state index is 15.4. The lowest BCUT2D eigenvalue weighted by Gasteiger charge is -2.20. The molecule has 228 valence electrons. The van der Waals surface area contributed by atoms with Gasteiger partial charge in [-0.25, -0.2) is 0 Å². The number of hydrogen-bond acceptors (Lipinski definition) is 2. The molecule has 0 amide bonds. The molecule has 0 saturated carbocycles. The van der Waals surface area contributed by atoms with Crippen LogP contribution >= 0.6 is 18.9 Å². The third kappa shape index (κ3) is 4.70. The Bertz CT molecular complexity index is 2620. The van der Waals surface area contributed by atoms with Crippen LogP contribution in [0.15, 0.2) is 192 Å². The van der Waals surface area contributed by atoms with Crippen molar-refractivity contribution in [1.29, 1.82) is 0 Å². The molecule has 0 bridgehead atoms. The minimum absolute atomic E-state index is 0.832. The van der Waals surface area contributed by atoms with Gasteiger partial charge in [-0.1, -0.05) is 139 Å². The van der Waals surface area contributed by atoms with Crippen LogP contribution < -0.4 is 15.9 Å². The third-order valence-corrected chi connectivity index (χ3v) is 13.4. The van der Waals surface area contributed by atoms with Crippen molar-refractivity contribution >= 4 is 78.2 Å². The number of hydrogen-bond donors (Lipinski definition) is 0. The van der Waals surface area contributed by atoms with Crippen LogP contribution in [-0.4, -0.2) is 4.57 Å². The molecule has 48 heavy (non-hydrogen) atoms.